The summed E-state index contributed by atoms with van der Waals surface area (Å²) >= 11 is 6.20. The number of halogens is 2. The topological polar surface area (TPSA) is 127 Å². The van der Waals surface area contributed by atoms with E-state index < -0.39 is 17.6 Å². The molecule has 0 bridgehead atoms. The van der Waals surface area contributed by atoms with Gasteiger partial charge in [0, 0.05) is 7.05 Å². The Balaban J connectivity index is 1.75. The van der Waals surface area contributed by atoms with Gasteiger partial charge in [0.2, 0.25) is 5.91 Å². The zero-order valence-corrected chi connectivity index (χ0v) is 18.3. The first-order chi connectivity index (χ1) is 15.8. The van der Waals surface area contributed by atoms with Crippen LogP contribution in [0.5, 0.6) is 0 Å². The van der Waals surface area contributed by atoms with Gasteiger partial charge >= 0.3 is 0 Å². The fraction of sp³-hybridized carbons (Fsp3) is 0.250. The van der Waals surface area contributed by atoms with Crippen molar-refractivity contribution in [2.75, 3.05) is 25.1 Å². The van der Waals surface area contributed by atoms with Crippen LogP contribution in [0.2, 0.25) is 5.02 Å². The molecule has 0 atom stereocenters. The quantitative estimate of drug-likeness (QED) is 0.151. The lowest BCUT2D eigenvalue weighted by Crippen LogP contribution is -2.27. The number of nitrogens with zero attached hydrogens (tertiary/aromatic N) is 2. The summed E-state index contributed by atoms with van der Waals surface area (Å²) in [6.07, 6.45) is 1.40. The molecule has 2 radical (unpaired) electrons. The van der Waals surface area contributed by atoms with E-state index in [0.717, 1.165) is 0 Å². The van der Waals surface area contributed by atoms with Gasteiger partial charge in [0.25, 0.3) is 5.91 Å². The number of fused-ring (bicyclic) bond motifs is 1. The van der Waals surface area contributed by atoms with Gasteiger partial charge in [-0.25, -0.2) is 20.3 Å². The Labute approximate surface area is 194 Å². The van der Waals surface area contributed by atoms with Gasteiger partial charge in [-0.15, -0.1) is 0 Å². The summed E-state index contributed by atoms with van der Waals surface area (Å²) in [5.41, 5.74) is 4.78. The number of hydrogen-bond acceptors (Lipinski definition) is 7. The summed E-state index contributed by atoms with van der Waals surface area (Å²) in [4.78, 5) is 32.8. The highest BCUT2D eigenvalue weighted by molar-refractivity contribution is 6.37. The lowest BCUT2D eigenvalue weighted by Gasteiger charge is -2.15. The molecule has 1 aromatic heterocycles. The van der Waals surface area contributed by atoms with Crippen molar-refractivity contribution in [1.29, 1.82) is 0 Å². The molecule has 1 heterocycles. The molecule has 0 fully saturated rings. The summed E-state index contributed by atoms with van der Waals surface area (Å²) in [6.45, 7) is 0.0955. The molecule has 172 valence electrons. The summed E-state index contributed by atoms with van der Waals surface area (Å²) in [7, 11) is 7.38. The molecule has 0 aliphatic carbocycles. The van der Waals surface area contributed by atoms with Gasteiger partial charge in [-0.05, 0) is 18.2 Å². The molecular formula is C20H20BClFN5O5. The Morgan fingerprint density at radius 3 is 2.79 bits per heavy atom. The number of aromatic nitrogens is 2. The Morgan fingerprint density at radius 1 is 1.27 bits per heavy atom. The lowest BCUT2D eigenvalue weighted by atomic mass is 9.96. The Bertz CT molecular complexity index is 1180. The normalized spacial score (nSPS) is 10.9. The molecule has 33 heavy (non-hydrogen) atoms. The van der Waals surface area contributed by atoms with Crippen molar-refractivity contribution in [3.05, 3.63) is 47.0 Å². The maximum Gasteiger partial charge on any atom is 0.277 e. The molecule has 0 unspecified atom stereocenters. The number of anilines is 2. The van der Waals surface area contributed by atoms with Crippen LogP contribution >= 0.6 is 11.6 Å². The van der Waals surface area contributed by atoms with Gasteiger partial charge in [0.15, 0.2) is 5.82 Å². The van der Waals surface area contributed by atoms with E-state index in [-0.39, 0.29) is 48.0 Å². The van der Waals surface area contributed by atoms with E-state index in [1.54, 1.807) is 23.7 Å². The average molecular weight is 476 g/mol. The number of aryl methyl sites for hydroxylation is 1. The van der Waals surface area contributed by atoms with Crippen molar-refractivity contribution < 1.29 is 28.8 Å². The molecule has 13 heteroatoms. The highest BCUT2D eigenvalue weighted by atomic mass is 35.5. The van der Waals surface area contributed by atoms with Gasteiger partial charge in [-0.2, -0.15) is 0 Å². The molecule has 3 rings (SSSR count). The van der Waals surface area contributed by atoms with Crippen LogP contribution in [0.15, 0.2) is 30.6 Å². The van der Waals surface area contributed by atoms with Crippen LogP contribution in [0, 0.1) is 5.82 Å². The molecule has 0 saturated carbocycles. The van der Waals surface area contributed by atoms with Crippen molar-refractivity contribution in [3.8, 4) is 0 Å². The second-order valence-corrected chi connectivity index (χ2v) is 7.28. The number of amides is 2. The van der Waals surface area contributed by atoms with Crippen molar-refractivity contribution in [2.45, 2.75) is 6.42 Å². The minimum atomic E-state index is -0.739. The largest absolute Gasteiger partial charge is 0.378 e. The number of benzene rings is 2. The highest BCUT2D eigenvalue weighted by Crippen LogP contribution is 2.32. The molecular weight excluding hydrogens is 456 g/mol. The van der Waals surface area contributed by atoms with E-state index >= 15 is 4.39 Å². The maximum atomic E-state index is 15.3. The van der Waals surface area contributed by atoms with Crippen LogP contribution in [-0.2, 0) is 21.4 Å². The third kappa shape index (κ3) is 5.99. The second kappa shape index (κ2) is 11.1. The number of rotatable bonds is 10. The zero-order valence-electron chi connectivity index (χ0n) is 17.5. The van der Waals surface area contributed by atoms with Crippen LogP contribution in [0.1, 0.15) is 16.8 Å². The van der Waals surface area contributed by atoms with E-state index in [1.807, 2.05) is 0 Å². The number of hydroxylamine groups is 2. The monoisotopic (exact) mass is 475 g/mol. The Kier molecular flexibility index (Phi) is 8.23. The number of nitrogens with one attached hydrogen (secondary N) is 3. The van der Waals surface area contributed by atoms with Gasteiger partial charge in [0.05, 0.1) is 60.0 Å². The third-order valence-electron chi connectivity index (χ3n) is 4.55. The first kappa shape index (κ1) is 24.5. The van der Waals surface area contributed by atoms with Gasteiger partial charge in [0.1, 0.15) is 13.4 Å². The molecule has 0 aliphatic rings. The Hall–Kier alpha value is -3.19. The summed E-state index contributed by atoms with van der Waals surface area (Å²) in [5.74, 6) is -2.04. The first-order valence-corrected chi connectivity index (χ1v) is 10.1. The summed E-state index contributed by atoms with van der Waals surface area (Å²) < 4.78 is 22.0. The van der Waals surface area contributed by atoms with Crippen LogP contribution in [0.25, 0.3) is 11.0 Å². The minimum Gasteiger partial charge on any atom is -0.378 e. The number of ether oxygens (including phenoxy) is 1. The van der Waals surface area contributed by atoms with Crippen molar-refractivity contribution in [1.82, 2.24) is 20.5 Å². The standard InChI is InChI=1S/C20H20BClFN5O5/c1-28-10-24-19-15(28)9-12(20(30)27-33-7-6-32-5-4-16(29)26-31)18(17(19)23)25-14-3-2-11(21)8-13(14)22/h2-3,8-10,25,31H,4-7H2,1H3,(H,26,29)(H,27,30). The first-order valence-electron chi connectivity index (χ1n) is 9.70. The maximum absolute atomic E-state index is 15.3. The van der Waals surface area contributed by atoms with Crippen molar-refractivity contribution in [2.24, 2.45) is 7.05 Å². The number of carbonyl (C=O) groups is 2. The summed E-state index contributed by atoms with van der Waals surface area (Å²) in [6, 6.07) is 6.11. The SMILES string of the molecule is [B]c1ccc(Nc2c(C(=O)NOCCOCCC(=O)NO)cc3c(ncn3C)c2F)c(Cl)c1. The molecule has 0 aliphatic heterocycles. The minimum absolute atomic E-state index is 0.0322. The molecule has 2 aromatic carbocycles. The van der Waals surface area contributed by atoms with E-state index in [2.05, 4.69) is 15.8 Å². The van der Waals surface area contributed by atoms with Crippen LogP contribution < -0.4 is 21.7 Å². The predicted molar refractivity (Wildman–Crippen MR) is 120 cm³/mol. The molecule has 0 spiro atoms. The van der Waals surface area contributed by atoms with E-state index in [4.69, 9.17) is 34.2 Å². The number of hydrogen-bond donors (Lipinski definition) is 4. The highest BCUT2D eigenvalue weighted by Gasteiger charge is 2.22. The average Bonchev–Trinajstić information content (AvgIpc) is 3.16. The number of imidazole rings is 1. The van der Waals surface area contributed by atoms with Crippen LogP contribution in [-0.4, -0.2) is 54.2 Å². The smallest absolute Gasteiger partial charge is 0.277 e. The predicted octanol–water partition coefficient (Wildman–Crippen LogP) is 1.48. The molecule has 3 aromatic rings. The van der Waals surface area contributed by atoms with E-state index in [9.17, 15) is 9.59 Å². The second-order valence-electron chi connectivity index (χ2n) is 6.88. The summed E-state index contributed by atoms with van der Waals surface area (Å²) in [5, 5.41) is 11.5. The lowest BCUT2D eigenvalue weighted by molar-refractivity contribution is -0.130. The fourth-order valence-corrected chi connectivity index (χ4v) is 3.12. The van der Waals surface area contributed by atoms with Crippen molar-refractivity contribution in [3.63, 3.8) is 0 Å². The zero-order chi connectivity index (χ0) is 24.0. The van der Waals surface area contributed by atoms with E-state index in [1.165, 1.54) is 23.9 Å². The fourth-order valence-electron chi connectivity index (χ4n) is 2.89. The third-order valence-corrected chi connectivity index (χ3v) is 4.86. The number of carbonyl (C=O) groups excluding carboxylic acids is 2. The van der Waals surface area contributed by atoms with Crippen LogP contribution in [0.4, 0.5) is 15.8 Å². The van der Waals surface area contributed by atoms with Gasteiger partial charge in [-0.1, -0.05) is 23.1 Å². The Morgan fingerprint density at radius 2 is 2.06 bits per heavy atom. The van der Waals surface area contributed by atoms with Crippen molar-refractivity contribution >= 4 is 59.1 Å². The molecule has 2 amide bonds. The van der Waals surface area contributed by atoms with Gasteiger partial charge in [-0.3, -0.25) is 19.6 Å². The van der Waals surface area contributed by atoms with E-state index in [0.29, 0.717) is 16.7 Å². The van der Waals surface area contributed by atoms with Gasteiger partial charge < -0.3 is 14.6 Å². The molecule has 4 N–H and O–H groups in total. The van der Waals surface area contributed by atoms with Crippen LogP contribution in [0.3, 0.4) is 0 Å². The molecule has 10 nitrogen and oxygen atoms in total. The molecule has 0 saturated heterocycles.